The second-order valence-electron chi connectivity index (χ2n) is 4.63. The molecule has 1 aliphatic carbocycles. The van der Waals surface area contributed by atoms with E-state index < -0.39 is 0 Å². The number of hydrogen-bond donors (Lipinski definition) is 2. The van der Waals surface area contributed by atoms with Crippen molar-refractivity contribution in [3.05, 3.63) is 41.6 Å². The van der Waals surface area contributed by atoms with Crippen molar-refractivity contribution < 1.29 is 9.84 Å². The van der Waals surface area contributed by atoms with Gasteiger partial charge in [0, 0.05) is 17.5 Å². The molecule has 0 fully saturated rings. The van der Waals surface area contributed by atoms with Crippen LogP contribution in [0.4, 0.5) is 0 Å². The Balaban J connectivity index is 2.35. The number of nitrogens with one attached hydrogen (secondary N) is 1. The summed E-state index contributed by atoms with van der Waals surface area (Å²) >= 11 is 0. The fraction of sp³-hybridized carbons (Fsp3) is 0.467. The number of aryl methyl sites for hydroxylation is 1. The first kappa shape index (κ1) is 13.0. The fourth-order valence-electron chi connectivity index (χ4n) is 2.76. The fourth-order valence-corrected chi connectivity index (χ4v) is 2.76. The quantitative estimate of drug-likeness (QED) is 0.857. The number of benzene rings is 1. The van der Waals surface area contributed by atoms with Crippen molar-refractivity contribution in [2.24, 2.45) is 0 Å². The normalized spacial score (nSPS) is 22.8. The number of allylic oxidation sites excluding steroid dienone is 1. The van der Waals surface area contributed by atoms with E-state index in [1.54, 1.807) is 7.11 Å². The Labute approximate surface area is 108 Å². The zero-order chi connectivity index (χ0) is 13.0. The standard InChI is InChI=1S/C15H21NO2/c1-3-9-16-13-8-7-11-5-4-6-14(18-2)15(11)12(13)10-17/h3-6,9,12-13,16-17H,7-8,10H2,1-2H3/b9-3-/t12-,13+/m1/s1. The third-order valence-corrected chi connectivity index (χ3v) is 3.63. The molecule has 0 bridgehead atoms. The van der Waals surface area contributed by atoms with Gasteiger partial charge in [0.25, 0.3) is 0 Å². The van der Waals surface area contributed by atoms with Gasteiger partial charge in [-0.1, -0.05) is 18.2 Å². The highest BCUT2D eigenvalue weighted by Gasteiger charge is 2.30. The topological polar surface area (TPSA) is 41.5 Å². The molecule has 1 aromatic rings. The molecule has 0 aliphatic heterocycles. The molecule has 0 saturated heterocycles. The summed E-state index contributed by atoms with van der Waals surface area (Å²) in [4.78, 5) is 0. The van der Waals surface area contributed by atoms with E-state index in [0.29, 0.717) is 0 Å². The van der Waals surface area contributed by atoms with Crippen LogP contribution in [0, 0.1) is 0 Å². The summed E-state index contributed by atoms with van der Waals surface area (Å²) in [5.41, 5.74) is 2.46. The number of ether oxygens (including phenoxy) is 1. The molecule has 2 atom stereocenters. The van der Waals surface area contributed by atoms with Gasteiger partial charge in [-0.25, -0.2) is 0 Å². The molecule has 2 rings (SSSR count). The van der Waals surface area contributed by atoms with Gasteiger partial charge in [0.05, 0.1) is 13.7 Å². The van der Waals surface area contributed by atoms with Gasteiger partial charge < -0.3 is 15.2 Å². The number of hydrogen-bond acceptors (Lipinski definition) is 3. The van der Waals surface area contributed by atoms with Gasteiger partial charge in [0.1, 0.15) is 5.75 Å². The van der Waals surface area contributed by atoms with Crippen LogP contribution in [0.25, 0.3) is 0 Å². The van der Waals surface area contributed by atoms with Crippen LogP contribution in [0.5, 0.6) is 5.75 Å². The first-order valence-electron chi connectivity index (χ1n) is 6.45. The lowest BCUT2D eigenvalue weighted by Gasteiger charge is -2.33. The Kier molecular flexibility index (Phi) is 4.26. The molecule has 1 aromatic carbocycles. The molecule has 1 aliphatic rings. The SMILES string of the molecule is C/C=C\N[C@H]1CCc2cccc(OC)c2[C@@H]1CO. The van der Waals surface area contributed by atoms with Gasteiger partial charge in [-0.15, -0.1) is 0 Å². The monoisotopic (exact) mass is 247 g/mol. The first-order valence-corrected chi connectivity index (χ1v) is 6.45. The Hall–Kier alpha value is -1.48. The van der Waals surface area contributed by atoms with E-state index in [4.69, 9.17) is 4.74 Å². The Morgan fingerprint density at radius 1 is 1.50 bits per heavy atom. The van der Waals surface area contributed by atoms with Crippen LogP contribution in [0.15, 0.2) is 30.5 Å². The third kappa shape index (κ3) is 2.36. The van der Waals surface area contributed by atoms with Crippen molar-refractivity contribution in [1.29, 1.82) is 0 Å². The summed E-state index contributed by atoms with van der Waals surface area (Å²) in [7, 11) is 1.69. The van der Waals surface area contributed by atoms with Gasteiger partial charge in [0.2, 0.25) is 0 Å². The lowest BCUT2D eigenvalue weighted by atomic mass is 9.79. The van der Waals surface area contributed by atoms with Gasteiger partial charge in [-0.05, 0) is 37.6 Å². The minimum atomic E-state index is 0.0982. The molecule has 0 unspecified atom stereocenters. The predicted octanol–water partition coefficient (Wildman–Crippen LogP) is 2.21. The van der Waals surface area contributed by atoms with Crippen molar-refractivity contribution in [3.63, 3.8) is 0 Å². The van der Waals surface area contributed by atoms with Crippen molar-refractivity contribution in [2.75, 3.05) is 13.7 Å². The zero-order valence-corrected chi connectivity index (χ0v) is 11.0. The number of rotatable bonds is 4. The van der Waals surface area contributed by atoms with Crippen molar-refractivity contribution in [2.45, 2.75) is 31.7 Å². The van der Waals surface area contributed by atoms with Gasteiger partial charge in [-0.2, -0.15) is 0 Å². The predicted molar refractivity (Wildman–Crippen MR) is 72.9 cm³/mol. The maximum atomic E-state index is 9.71. The number of aliphatic hydroxyl groups excluding tert-OH is 1. The van der Waals surface area contributed by atoms with Crippen LogP contribution in [0.3, 0.4) is 0 Å². The summed E-state index contributed by atoms with van der Waals surface area (Å²) in [6.45, 7) is 2.13. The highest BCUT2D eigenvalue weighted by molar-refractivity contribution is 5.45. The summed E-state index contributed by atoms with van der Waals surface area (Å²) in [5, 5.41) is 13.1. The van der Waals surface area contributed by atoms with Crippen LogP contribution in [0.2, 0.25) is 0 Å². The molecule has 3 heteroatoms. The van der Waals surface area contributed by atoms with Crippen molar-refractivity contribution in [3.8, 4) is 5.75 Å². The van der Waals surface area contributed by atoms with Crippen LogP contribution in [0.1, 0.15) is 30.4 Å². The Morgan fingerprint density at radius 2 is 2.33 bits per heavy atom. The molecular weight excluding hydrogens is 226 g/mol. The highest BCUT2D eigenvalue weighted by atomic mass is 16.5. The van der Waals surface area contributed by atoms with E-state index in [1.807, 2.05) is 31.3 Å². The molecule has 2 N–H and O–H groups in total. The van der Waals surface area contributed by atoms with E-state index in [0.717, 1.165) is 24.2 Å². The molecule has 0 aromatic heterocycles. The highest BCUT2D eigenvalue weighted by Crippen LogP contribution is 2.37. The second-order valence-corrected chi connectivity index (χ2v) is 4.63. The number of aliphatic hydroxyl groups is 1. The van der Waals surface area contributed by atoms with Crippen LogP contribution in [-0.2, 0) is 6.42 Å². The lowest BCUT2D eigenvalue weighted by molar-refractivity contribution is 0.226. The maximum Gasteiger partial charge on any atom is 0.122 e. The molecule has 0 heterocycles. The molecule has 0 spiro atoms. The smallest absolute Gasteiger partial charge is 0.122 e. The van der Waals surface area contributed by atoms with E-state index >= 15 is 0 Å². The van der Waals surface area contributed by atoms with Gasteiger partial charge >= 0.3 is 0 Å². The lowest BCUT2D eigenvalue weighted by Crippen LogP contribution is -2.37. The van der Waals surface area contributed by atoms with Crippen LogP contribution >= 0.6 is 0 Å². The van der Waals surface area contributed by atoms with Gasteiger partial charge in [0.15, 0.2) is 0 Å². The third-order valence-electron chi connectivity index (χ3n) is 3.63. The summed E-state index contributed by atoms with van der Waals surface area (Å²) < 4.78 is 5.44. The summed E-state index contributed by atoms with van der Waals surface area (Å²) in [5.74, 6) is 0.986. The largest absolute Gasteiger partial charge is 0.496 e. The number of methoxy groups -OCH3 is 1. The minimum absolute atomic E-state index is 0.0982. The summed E-state index contributed by atoms with van der Waals surface area (Å²) in [6, 6.07) is 6.40. The van der Waals surface area contributed by atoms with E-state index in [-0.39, 0.29) is 18.6 Å². The molecule has 0 amide bonds. The second kappa shape index (κ2) is 5.91. The Morgan fingerprint density at radius 3 is 3.00 bits per heavy atom. The molecule has 18 heavy (non-hydrogen) atoms. The van der Waals surface area contributed by atoms with Crippen LogP contribution < -0.4 is 10.1 Å². The molecular formula is C15H21NO2. The van der Waals surface area contributed by atoms with Gasteiger partial charge in [-0.3, -0.25) is 0 Å². The molecule has 0 saturated carbocycles. The molecule has 3 nitrogen and oxygen atoms in total. The van der Waals surface area contributed by atoms with Crippen LogP contribution in [-0.4, -0.2) is 24.9 Å². The average Bonchev–Trinajstić information content (AvgIpc) is 2.43. The summed E-state index contributed by atoms with van der Waals surface area (Å²) in [6.07, 6.45) is 5.99. The Bertz CT molecular complexity index is 414. The minimum Gasteiger partial charge on any atom is -0.496 e. The molecule has 98 valence electrons. The maximum absolute atomic E-state index is 9.71. The molecule has 0 radical (unpaired) electrons. The average molecular weight is 247 g/mol. The van der Waals surface area contributed by atoms with E-state index in [1.165, 1.54) is 5.56 Å². The van der Waals surface area contributed by atoms with E-state index in [2.05, 4.69) is 11.4 Å². The van der Waals surface area contributed by atoms with Crippen molar-refractivity contribution >= 4 is 0 Å². The van der Waals surface area contributed by atoms with E-state index in [9.17, 15) is 5.11 Å². The van der Waals surface area contributed by atoms with Crippen molar-refractivity contribution in [1.82, 2.24) is 5.32 Å². The zero-order valence-electron chi connectivity index (χ0n) is 11.0. The first-order chi connectivity index (χ1) is 8.81. The number of fused-ring (bicyclic) bond motifs is 1.